The molecule has 0 radical (unpaired) electrons. The molecule has 1 unspecified atom stereocenters. The monoisotopic (exact) mass is 391 g/mol. The SMILES string of the molecule is Cc1cc(-c2ccc(OC(C)C(=O)O)cc2)nc2cc(N3CCNC3=O)ccc12. The number of rotatable bonds is 5. The fourth-order valence-electron chi connectivity index (χ4n) is 3.38. The van der Waals surface area contributed by atoms with Gasteiger partial charge in [0.15, 0.2) is 6.10 Å². The molecular weight excluding hydrogens is 370 g/mol. The van der Waals surface area contributed by atoms with E-state index in [4.69, 9.17) is 14.8 Å². The number of aromatic nitrogens is 1. The first-order valence-electron chi connectivity index (χ1n) is 9.39. The van der Waals surface area contributed by atoms with E-state index < -0.39 is 12.1 Å². The van der Waals surface area contributed by atoms with Crippen LogP contribution in [-0.4, -0.2) is 41.3 Å². The summed E-state index contributed by atoms with van der Waals surface area (Å²) in [4.78, 5) is 29.4. The second kappa shape index (κ2) is 7.43. The van der Waals surface area contributed by atoms with Crippen molar-refractivity contribution in [1.29, 1.82) is 0 Å². The Bertz CT molecular complexity index is 1100. The van der Waals surface area contributed by atoms with Crippen LogP contribution in [0.25, 0.3) is 22.2 Å². The van der Waals surface area contributed by atoms with Gasteiger partial charge in [-0.1, -0.05) is 6.07 Å². The van der Waals surface area contributed by atoms with E-state index in [0.717, 1.165) is 33.4 Å². The molecule has 2 amide bonds. The number of aliphatic carboxylic acids is 1. The molecule has 1 aliphatic rings. The van der Waals surface area contributed by atoms with Gasteiger partial charge in [-0.05, 0) is 61.9 Å². The molecule has 2 heterocycles. The normalized spacial score (nSPS) is 14.7. The van der Waals surface area contributed by atoms with Gasteiger partial charge in [-0.25, -0.2) is 14.6 Å². The van der Waals surface area contributed by atoms with Gasteiger partial charge in [0.2, 0.25) is 0 Å². The van der Waals surface area contributed by atoms with Crippen LogP contribution in [0.3, 0.4) is 0 Å². The Labute approximate surface area is 167 Å². The second-order valence-corrected chi connectivity index (χ2v) is 7.03. The lowest BCUT2D eigenvalue weighted by Crippen LogP contribution is -2.27. The zero-order chi connectivity index (χ0) is 20.5. The highest BCUT2D eigenvalue weighted by Crippen LogP contribution is 2.29. The number of ether oxygens (including phenoxy) is 1. The van der Waals surface area contributed by atoms with Gasteiger partial charge in [0.1, 0.15) is 5.75 Å². The minimum Gasteiger partial charge on any atom is -0.479 e. The van der Waals surface area contributed by atoms with Crippen LogP contribution >= 0.6 is 0 Å². The third-order valence-corrected chi connectivity index (χ3v) is 4.98. The van der Waals surface area contributed by atoms with Gasteiger partial charge in [-0.2, -0.15) is 0 Å². The Hall–Kier alpha value is -3.61. The fourth-order valence-corrected chi connectivity index (χ4v) is 3.38. The number of carboxylic acid groups (broad SMARTS) is 1. The number of hydrogen-bond donors (Lipinski definition) is 2. The van der Waals surface area contributed by atoms with Crippen molar-refractivity contribution in [2.45, 2.75) is 20.0 Å². The summed E-state index contributed by atoms with van der Waals surface area (Å²) in [6.45, 7) is 4.79. The number of carbonyl (C=O) groups is 2. The molecule has 7 nitrogen and oxygen atoms in total. The van der Waals surface area contributed by atoms with Crippen molar-refractivity contribution in [1.82, 2.24) is 10.3 Å². The standard InChI is InChI=1S/C22H21N3O4/c1-13-11-19(15-3-6-17(7-4-15)29-14(2)21(26)27)24-20-12-16(5-8-18(13)20)25-10-9-23-22(25)28/h3-8,11-12,14H,9-10H2,1-2H3,(H,23,28)(H,26,27). The quantitative estimate of drug-likeness (QED) is 0.693. The predicted octanol–water partition coefficient (Wildman–Crippen LogP) is 3.59. The number of carboxylic acids is 1. The number of pyridine rings is 1. The number of nitrogens with one attached hydrogen (secondary N) is 1. The zero-order valence-electron chi connectivity index (χ0n) is 16.2. The third kappa shape index (κ3) is 3.71. The van der Waals surface area contributed by atoms with Gasteiger partial charge >= 0.3 is 12.0 Å². The molecule has 1 fully saturated rings. The molecule has 148 valence electrons. The Balaban J connectivity index is 1.66. The summed E-state index contributed by atoms with van der Waals surface area (Å²) in [5.74, 6) is -0.521. The van der Waals surface area contributed by atoms with E-state index in [9.17, 15) is 9.59 Å². The molecule has 2 aromatic carbocycles. The molecule has 1 saturated heterocycles. The molecule has 7 heteroatoms. The van der Waals surface area contributed by atoms with Crippen LogP contribution < -0.4 is 15.0 Å². The highest BCUT2D eigenvalue weighted by molar-refractivity contribution is 5.97. The highest BCUT2D eigenvalue weighted by atomic mass is 16.5. The Morgan fingerprint density at radius 2 is 1.97 bits per heavy atom. The number of fused-ring (bicyclic) bond motifs is 1. The molecule has 0 bridgehead atoms. The van der Waals surface area contributed by atoms with Crippen LogP contribution in [0.4, 0.5) is 10.5 Å². The van der Waals surface area contributed by atoms with E-state index in [0.29, 0.717) is 18.8 Å². The molecule has 1 aromatic heterocycles. The van der Waals surface area contributed by atoms with Crippen LogP contribution in [0, 0.1) is 6.92 Å². The van der Waals surface area contributed by atoms with E-state index >= 15 is 0 Å². The average Bonchev–Trinajstić information content (AvgIpc) is 3.14. The van der Waals surface area contributed by atoms with Crippen molar-refractivity contribution in [3.63, 3.8) is 0 Å². The lowest BCUT2D eigenvalue weighted by atomic mass is 10.0. The molecule has 3 aromatic rings. The van der Waals surface area contributed by atoms with Crippen LogP contribution in [0.15, 0.2) is 48.5 Å². The van der Waals surface area contributed by atoms with Crippen molar-refractivity contribution in [3.05, 3.63) is 54.1 Å². The number of amides is 2. The first-order chi connectivity index (χ1) is 13.9. The third-order valence-electron chi connectivity index (χ3n) is 4.98. The average molecular weight is 391 g/mol. The summed E-state index contributed by atoms with van der Waals surface area (Å²) < 4.78 is 5.38. The minimum atomic E-state index is -1.01. The summed E-state index contributed by atoms with van der Waals surface area (Å²) >= 11 is 0. The molecule has 0 saturated carbocycles. The molecular formula is C22H21N3O4. The number of urea groups is 1. The molecule has 1 atom stereocenters. The van der Waals surface area contributed by atoms with Gasteiger partial charge in [0.05, 0.1) is 11.2 Å². The van der Waals surface area contributed by atoms with Crippen molar-refractivity contribution in [2.75, 3.05) is 18.0 Å². The van der Waals surface area contributed by atoms with Crippen molar-refractivity contribution >= 4 is 28.6 Å². The number of anilines is 1. The first kappa shape index (κ1) is 18.7. The van der Waals surface area contributed by atoms with E-state index in [-0.39, 0.29) is 6.03 Å². The minimum absolute atomic E-state index is 0.0941. The smallest absolute Gasteiger partial charge is 0.344 e. The van der Waals surface area contributed by atoms with Gasteiger partial charge in [0.25, 0.3) is 0 Å². The summed E-state index contributed by atoms with van der Waals surface area (Å²) in [6.07, 6.45) is -0.914. The summed E-state index contributed by atoms with van der Waals surface area (Å²) in [5, 5.41) is 12.8. The molecule has 1 aliphatic heterocycles. The predicted molar refractivity (Wildman–Crippen MR) is 110 cm³/mol. The van der Waals surface area contributed by atoms with Gasteiger partial charge in [-0.3, -0.25) is 4.90 Å². The number of aryl methyl sites for hydroxylation is 1. The summed E-state index contributed by atoms with van der Waals surface area (Å²) in [5.41, 5.74) is 4.42. The van der Waals surface area contributed by atoms with Gasteiger partial charge < -0.3 is 15.2 Å². The van der Waals surface area contributed by atoms with Crippen LogP contribution in [-0.2, 0) is 4.79 Å². The molecule has 2 N–H and O–H groups in total. The molecule has 29 heavy (non-hydrogen) atoms. The number of carbonyl (C=O) groups excluding carboxylic acids is 1. The Morgan fingerprint density at radius 1 is 1.21 bits per heavy atom. The van der Waals surface area contributed by atoms with Crippen molar-refractivity contribution < 1.29 is 19.4 Å². The lowest BCUT2D eigenvalue weighted by molar-refractivity contribution is -0.144. The number of benzene rings is 2. The summed E-state index contributed by atoms with van der Waals surface area (Å²) in [6, 6.07) is 15.0. The number of hydrogen-bond acceptors (Lipinski definition) is 4. The molecule has 4 rings (SSSR count). The maximum absolute atomic E-state index is 12.0. The number of nitrogens with zero attached hydrogens (tertiary/aromatic N) is 2. The lowest BCUT2D eigenvalue weighted by Gasteiger charge is -2.15. The maximum Gasteiger partial charge on any atom is 0.344 e. The summed E-state index contributed by atoms with van der Waals surface area (Å²) in [7, 11) is 0. The van der Waals surface area contributed by atoms with E-state index in [1.807, 2.05) is 43.3 Å². The van der Waals surface area contributed by atoms with Crippen LogP contribution in [0.1, 0.15) is 12.5 Å². The van der Waals surface area contributed by atoms with Gasteiger partial charge in [-0.15, -0.1) is 0 Å². The van der Waals surface area contributed by atoms with Crippen LogP contribution in [0.2, 0.25) is 0 Å². The van der Waals surface area contributed by atoms with Crippen molar-refractivity contribution in [3.8, 4) is 17.0 Å². The van der Waals surface area contributed by atoms with Crippen molar-refractivity contribution in [2.24, 2.45) is 0 Å². The largest absolute Gasteiger partial charge is 0.479 e. The van der Waals surface area contributed by atoms with Gasteiger partial charge in [0, 0.05) is 29.7 Å². The fraction of sp³-hybridized carbons (Fsp3) is 0.227. The first-order valence-corrected chi connectivity index (χ1v) is 9.39. The second-order valence-electron chi connectivity index (χ2n) is 7.03. The highest BCUT2D eigenvalue weighted by Gasteiger charge is 2.21. The zero-order valence-corrected chi connectivity index (χ0v) is 16.2. The van der Waals surface area contributed by atoms with E-state index in [1.165, 1.54) is 6.92 Å². The van der Waals surface area contributed by atoms with E-state index in [2.05, 4.69) is 5.32 Å². The topological polar surface area (TPSA) is 91.8 Å². The van der Waals surface area contributed by atoms with E-state index in [1.54, 1.807) is 17.0 Å². The molecule has 0 aliphatic carbocycles. The Kier molecular flexibility index (Phi) is 4.80. The maximum atomic E-state index is 12.0. The Morgan fingerprint density at radius 3 is 2.62 bits per heavy atom. The molecule has 0 spiro atoms. The van der Waals surface area contributed by atoms with Crippen LogP contribution in [0.5, 0.6) is 5.75 Å².